The molecule has 0 spiro atoms. The van der Waals surface area contributed by atoms with Gasteiger partial charge in [0.2, 0.25) is 5.91 Å². The number of aromatic nitrogens is 5. The van der Waals surface area contributed by atoms with Crippen molar-refractivity contribution in [3.8, 4) is 17.0 Å². The van der Waals surface area contributed by atoms with Gasteiger partial charge in [0, 0.05) is 78.6 Å². The maximum Gasteiger partial charge on any atom is 0.242 e. The third kappa shape index (κ3) is 3.31. The lowest BCUT2D eigenvalue weighted by Crippen LogP contribution is -2.48. The minimum atomic E-state index is 0.141. The highest BCUT2D eigenvalue weighted by atomic mass is 16.5. The van der Waals surface area contributed by atoms with Crippen LogP contribution in [0.2, 0.25) is 0 Å². The van der Waals surface area contributed by atoms with Crippen LogP contribution in [0, 0.1) is 0 Å². The summed E-state index contributed by atoms with van der Waals surface area (Å²) in [6.07, 6.45) is 5.73. The number of aryl methyl sites for hydroxylation is 1. The summed E-state index contributed by atoms with van der Waals surface area (Å²) in [7, 11) is 5.70. The number of piperazine rings is 1. The molecular formula is C25H27N7O2. The predicted molar refractivity (Wildman–Crippen MR) is 132 cm³/mol. The molecule has 0 saturated carbocycles. The van der Waals surface area contributed by atoms with Gasteiger partial charge in [0.15, 0.2) is 0 Å². The zero-order valence-electron chi connectivity index (χ0n) is 19.6. The first-order valence-electron chi connectivity index (χ1n) is 11.4. The Kier molecular flexibility index (Phi) is 4.80. The third-order valence-electron chi connectivity index (χ3n) is 6.89. The molecule has 0 bridgehead atoms. The molecule has 0 unspecified atom stereocenters. The van der Waals surface area contributed by atoms with E-state index in [1.54, 1.807) is 7.11 Å². The number of amides is 1. The summed E-state index contributed by atoms with van der Waals surface area (Å²) in [5, 5.41) is 7.43. The van der Waals surface area contributed by atoms with Crippen LogP contribution < -0.4 is 4.74 Å². The highest BCUT2D eigenvalue weighted by Crippen LogP contribution is 2.35. The average Bonchev–Trinajstić information content (AvgIpc) is 3.54. The number of nitrogens with one attached hydrogen (secondary N) is 1. The summed E-state index contributed by atoms with van der Waals surface area (Å²) >= 11 is 0. The number of hydrogen-bond donors (Lipinski definition) is 1. The molecule has 9 nitrogen and oxygen atoms in total. The molecule has 34 heavy (non-hydrogen) atoms. The van der Waals surface area contributed by atoms with Gasteiger partial charge in [-0.05, 0) is 31.3 Å². The third-order valence-corrected chi connectivity index (χ3v) is 6.89. The fourth-order valence-electron chi connectivity index (χ4n) is 4.93. The van der Waals surface area contributed by atoms with Gasteiger partial charge < -0.3 is 24.1 Å². The molecule has 6 rings (SSSR count). The van der Waals surface area contributed by atoms with Gasteiger partial charge in [0.25, 0.3) is 0 Å². The first kappa shape index (κ1) is 20.7. The van der Waals surface area contributed by atoms with Crippen molar-refractivity contribution in [2.45, 2.75) is 6.54 Å². The van der Waals surface area contributed by atoms with Gasteiger partial charge >= 0.3 is 0 Å². The van der Waals surface area contributed by atoms with Gasteiger partial charge in [0.05, 0.1) is 18.8 Å². The second-order valence-corrected chi connectivity index (χ2v) is 9.01. The van der Waals surface area contributed by atoms with E-state index >= 15 is 0 Å². The molecule has 1 amide bonds. The van der Waals surface area contributed by atoms with E-state index in [2.05, 4.69) is 39.3 Å². The standard InChI is InChI=1S/C25H27N7O2/c1-29-6-8-31(9-7-29)23(33)15-32-14-20(18-10-17(34-3)4-5-22(18)32)21-11-19-24-16(13-27-30(24)2)12-26-25(19)28-21/h4-5,10-14H,6-9,15H2,1-3H3,(H,26,28). The summed E-state index contributed by atoms with van der Waals surface area (Å²) < 4.78 is 9.43. The Bertz CT molecular complexity index is 1540. The number of H-pyrrole nitrogens is 1. The zero-order chi connectivity index (χ0) is 23.4. The van der Waals surface area contributed by atoms with Gasteiger partial charge in [-0.25, -0.2) is 4.98 Å². The van der Waals surface area contributed by atoms with E-state index in [1.807, 2.05) is 51.8 Å². The van der Waals surface area contributed by atoms with Crippen LogP contribution in [0.5, 0.6) is 5.75 Å². The second-order valence-electron chi connectivity index (χ2n) is 9.01. The largest absolute Gasteiger partial charge is 0.497 e. The van der Waals surface area contributed by atoms with Crippen LogP contribution in [0.4, 0.5) is 0 Å². The summed E-state index contributed by atoms with van der Waals surface area (Å²) in [5.74, 6) is 0.919. The highest BCUT2D eigenvalue weighted by molar-refractivity contribution is 6.06. The van der Waals surface area contributed by atoms with Crippen molar-refractivity contribution >= 4 is 38.7 Å². The number of rotatable bonds is 4. The summed E-state index contributed by atoms with van der Waals surface area (Å²) in [5.41, 5.74) is 4.80. The van der Waals surface area contributed by atoms with E-state index in [1.165, 1.54) is 0 Å². The van der Waals surface area contributed by atoms with Gasteiger partial charge in [-0.15, -0.1) is 0 Å². The van der Waals surface area contributed by atoms with Gasteiger partial charge in [-0.2, -0.15) is 5.10 Å². The van der Waals surface area contributed by atoms with Crippen LogP contribution in [-0.4, -0.2) is 80.4 Å². The van der Waals surface area contributed by atoms with Crippen LogP contribution in [0.1, 0.15) is 0 Å². The number of carbonyl (C=O) groups excluding carboxylic acids is 1. The fraction of sp³-hybridized carbons (Fsp3) is 0.320. The molecule has 5 heterocycles. The normalized spacial score (nSPS) is 15.1. The number of carbonyl (C=O) groups is 1. The number of methoxy groups -OCH3 is 1. The number of ether oxygens (including phenoxy) is 1. The summed E-state index contributed by atoms with van der Waals surface area (Å²) in [6.45, 7) is 3.65. The van der Waals surface area contributed by atoms with Crippen molar-refractivity contribution < 1.29 is 9.53 Å². The van der Waals surface area contributed by atoms with Crippen molar-refractivity contribution in [3.63, 3.8) is 0 Å². The minimum absolute atomic E-state index is 0.141. The highest BCUT2D eigenvalue weighted by Gasteiger charge is 2.21. The second kappa shape index (κ2) is 7.88. The van der Waals surface area contributed by atoms with E-state index < -0.39 is 0 Å². The van der Waals surface area contributed by atoms with Crippen molar-refractivity contribution in [2.75, 3.05) is 40.3 Å². The van der Waals surface area contributed by atoms with Crippen LogP contribution in [0.15, 0.2) is 42.9 Å². The number of pyridine rings is 1. The first-order chi connectivity index (χ1) is 16.5. The van der Waals surface area contributed by atoms with E-state index in [9.17, 15) is 4.79 Å². The molecule has 1 aromatic carbocycles. The van der Waals surface area contributed by atoms with Crippen molar-refractivity contribution in [3.05, 3.63) is 42.9 Å². The van der Waals surface area contributed by atoms with E-state index in [-0.39, 0.29) is 5.91 Å². The van der Waals surface area contributed by atoms with Crippen LogP contribution in [-0.2, 0) is 18.4 Å². The van der Waals surface area contributed by atoms with E-state index in [0.29, 0.717) is 6.54 Å². The predicted octanol–water partition coefficient (Wildman–Crippen LogP) is 2.85. The Balaban J connectivity index is 1.45. The smallest absolute Gasteiger partial charge is 0.242 e. The molecule has 0 aliphatic carbocycles. The SMILES string of the molecule is COc1ccc2c(c1)c(-c1cc3c(ncc4cnn(C)c43)[nH]1)cn2CC(=O)N1CCN(C)CC1. The number of fused-ring (bicyclic) bond motifs is 4. The monoisotopic (exact) mass is 457 g/mol. The van der Waals surface area contributed by atoms with Crippen LogP contribution in [0.3, 0.4) is 0 Å². The lowest BCUT2D eigenvalue weighted by atomic mass is 10.1. The van der Waals surface area contributed by atoms with E-state index in [0.717, 1.165) is 76.0 Å². The average molecular weight is 458 g/mol. The Morgan fingerprint density at radius 1 is 1.09 bits per heavy atom. The maximum atomic E-state index is 13.1. The number of likely N-dealkylation sites (N-methyl/N-ethyl adjacent to an activating group) is 1. The van der Waals surface area contributed by atoms with Crippen LogP contribution in [0.25, 0.3) is 44.1 Å². The molecule has 0 radical (unpaired) electrons. The molecular weight excluding hydrogens is 430 g/mol. The van der Waals surface area contributed by atoms with Crippen molar-refractivity contribution in [1.29, 1.82) is 0 Å². The van der Waals surface area contributed by atoms with Gasteiger partial charge in [-0.1, -0.05) is 0 Å². The molecule has 5 aromatic rings. The first-order valence-corrected chi connectivity index (χ1v) is 11.4. The number of hydrogen-bond acceptors (Lipinski definition) is 5. The number of benzene rings is 1. The molecule has 1 saturated heterocycles. The Hall–Kier alpha value is -3.85. The maximum absolute atomic E-state index is 13.1. The lowest BCUT2D eigenvalue weighted by Gasteiger charge is -2.32. The molecule has 1 N–H and O–H groups in total. The quantitative estimate of drug-likeness (QED) is 0.449. The Labute approximate surface area is 196 Å². The minimum Gasteiger partial charge on any atom is -0.497 e. The molecule has 174 valence electrons. The molecule has 9 heteroatoms. The molecule has 1 aliphatic heterocycles. The summed E-state index contributed by atoms with van der Waals surface area (Å²) in [6, 6.07) is 8.11. The topological polar surface area (TPSA) is 84.2 Å². The number of aromatic amines is 1. The lowest BCUT2D eigenvalue weighted by molar-refractivity contribution is -0.133. The van der Waals surface area contributed by atoms with E-state index in [4.69, 9.17) is 4.74 Å². The Morgan fingerprint density at radius 3 is 2.71 bits per heavy atom. The fourth-order valence-corrected chi connectivity index (χ4v) is 4.93. The van der Waals surface area contributed by atoms with Gasteiger partial charge in [0.1, 0.15) is 17.9 Å². The molecule has 1 aliphatic rings. The Morgan fingerprint density at radius 2 is 1.91 bits per heavy atom. The summed E-state index contributed by atoms with van der Waals surface area (Å²) in [4.78, 5) is 25.4. The molecule has 1 fully saturated rings. The van der Waals surface area contributed by atoms with Gasteiger partial charge in [-0.3, -0.25) is 9.48 Å². The number of nitrogens with zero attached hydrogens (tertiary/aromatic N) is 6. The molecule has 4 aromatic heterocycles. The molecule has 0 atom stereocenters. The van der Waals surface area contributed by atoms with Crippen LogP contribution >= 0.6 is 0 Å². The zero-order valence-corrected chi connectivity index (χ0v) is 19.6. The van der Waals surface area contributed by atoms with Crippen molar-refractivity contribution in [1.82, 2.24) is 34.1 Å². The van der Waals surface area contributed by atoms with Crippen molar-refractivity contribution in [2.24, 2.45) is 7.05 Å².